The van der Waals surface area contributed by atoms with Crippen molar-refractivity contribution in [3.63, 3.8) is 0 Å². The summed E-state index contributed by atoms with van der Waals surface area (Å²) >= 11 is 1.60. The third kappa shape index (κ3) is 4.42. The number of piperazine rings is 1. The molecule has 24 heavy (non-hydrogen) atoms. The van der Waals surface area contributed by atoms with Gasteiger partial charge in [0.15, 0.2) is 0 Å². The predicted octanol–water partition coefficient (Wildman–Crippen LogP) is 1.09. The zero-order chi connectivity index (χ0) is 17.5. The Hall–Kier alpha value is -1.73. The lowest BCUT2D eigenvalue weighted by molar-refractivity contribution is -0.141. The lowest BCUT2D eigenvalue weighted by Gasteiger charge is -2.35. The minimum absolute atomic E-state index is 0.0949. The van der Waals surface area contributed by atoms with Crippen LogP contribution in [0.15, 0.2) is 24.3 Å². The van der Waals surface area contributed by atoms with Crippen LogP contribution < -0.4 is 4.74 Å². The van der Waals surface area contributed by atoms with Crippen LogP contribution in [0.3, 0.4) is 0 Å². The molecule has 0 bridgehead atoms. The number of thioether (sulfide) groups is 1. The lowest BCUT2D eigenvalue weighted by Crippen LogP contribution is -2.53. The average Bonchev–Trinajstić information content (AvgIpc) is 2.64. The Morgan fingerprint density at radius 3 is 2.46 bits per heavy atom. The standard InChI is InChI=1S/C17H24N2O4S/c1-23-15-6-4-3-5-13(15)16(21)18-8-10-19(11-9-18)17(22)14(20)7-12-24-2/h3-6,14,20H,7-12H2,1-2H3. The van der Waals surface area contributed by atoms with Gasteiger partial charge in [0.25, 0.3) is 11.8 Å². The van der Waals surface area contributed by atoms with Crippen molar-refractivity contribution in [3.05, 3.63) is 29.8 Å². The molecule has 2 amide bonds. The van der Waals surface area contributed by atoms with E-state index in [9.17, 15) is 14.7 Å². The molecule has 1 fully saturated rings. The van der Waals surface area contributed by atoms with Crippen molar-refractivity contribution >= 4 is 23.6 Å². The molecule has 1 aliphatic heterocycles. The molecule has 0 radical (unpaired) electrons. The number of carbonyl (C=O) groups excluding carboxylic acids is 2. The minimum atomic E-state index is -0.950. The summed E-state index contributed by atoms with van der Waals surface area (Å²) in [5, 5.41) is 9.92. The number of aliphatic hydroxyl groups excluding tert-OH is 1. The molecule has 0 spiro atoms. The number of hydrogen-bond donors (Lipinski definition) is 1. The van der Waals surface area contributed by atoms with Crippen molar-refractivity contribution < 1.29 is 19.4 Å². The molecular formula is C17H24N2O4S. The first kappa shape index (κ1) is 18.6. The van der Waals surface area contributed by atoms with E-state index >= 15 is 0 Å². The first-order chi connectivity index (χ1) is 11.6. The van der Waals surface area contributed by atoms with Crippen molar-refractivity contribution in [2.45, 2.75) is 12.5 Å². The van der Waals surface area contributed by atoms with Crippen molar-refractivity contribution in [1.82, 2.24) is 9.80 Å². The first-order valence-corrected chi connectivity index (χ1v) is 9.36. The van der Waals surface area contributed by atoms with Gasteiger partial charge in [0.05, 0.1) is 12.7 Å². The molecular weight excluding hydrogens is 328 g/mol. The Balaban J connectivity index is 1.92. The van der Waals surface area contributed by atoms with Gasteiger partial charge in [-0.2, -0.15) is 11.8 Å². The Labute approximate surface area is 146 Å². The van der Waals surface area contributed by atoms with Crippen LogP contribution >= 0.6 is 11.8 Å². The molecule has 2 rings (SSSR count). The highest BCUT2D eigenvalue weighted by Crippen LogP contribution is 2.20. The van der Waals surface area contributed by atoms with Gasteiger partial charge in [-0.05, 0) is 30.6 Å². The summed E-state index contributed by atoms with van der Waals surface area (Å²) in [6.45, 7) is 1.79. The normalized spacial score (nSPS) is 16.0. The molecule has 132 valence electrons. The molecule has 1 unspecified atom stereocenters. The second-order valence-corrected chi connectivity index (χ2v) is 6.60. The van der Waals surface area contributed by atoms with Gasteiger partial charge in [-0.1, -0.05) is 12.1 Å². The largest absolute Gasteiger partial charge is 0.496 e. The molecule has 7 heteroatoms. The van der Waals surface area contributed by atoms with Crippen LogP contribution in [0.4, 0.5) is 0 Å². The third-order valence-corrected chi connectivity index (χ3v) is 4.74. The summed E-state index contributed by atoms with van der Waals surface area (Å²) in [4.78, 5) is 28.2. The van der Waals surface area contributed by atoms with E-state index in [1.54, 1.807) is 46.9 Å². The summed E-state index contributed by atoms with van der Waals surface area (Å²) in [5.74, 6) is 0.962. The minimum Gasteiger partial charge on any atom is -0.496 e. The Kier molecular flexibility index (Phi) is 6.93. The number of rotatable bonds is 6. The molecule has 0 saturated carbocycles. The number of ether oxygens (including phenoxy) is 1. The van der Waals surface area contributed by atoms with Crippen molar-refractivity contribution in [1.29, 1.82) is 0 Å². The Morgan fingerprint density at radius 1 is 1.21 bits per heavy atom. The van der Waals surface area contributed by atoms with Crippen LogP contribution in [0.25, 0.3) is 0 Å². The number of para-hydroxylation sites is 1. The summed E-state index contributed by atoms with van der Waals surface area (Å²) in [5.41, 5.74) is 0.528. The highest BCUT2D eigenvalue weighted by atomic mass is 32.2. The summed E-state index contributed by atoms with van der Waals surface area (Å²) < 4.78 is 5.24. The maximum Gasteiger partial charge on any atom is 0.257 e. The number of hydrogen-bond acceptors (Lipinski definition) is 5. The van der Waals surface area contributed by atoms with Crippen molar-refractivity contribution in [2.24, 2.45) is 0 Å². The zero-order valence-corrected chi connectivity index (χ0v) is 14.9. The van der Waals surface area contributed by atoms with E-state index in [1.807, 2.05) is 12.3 Å². The molecule has 0 aliphatic carbocycles. The fraction of sp³-hybridized carbons (Fsp3) is 0.529. The van der Waals surface area contributed by atoms with Crippen LogP contribution in [0.1, 0.15) is 16.8 Å². The van der Waals surface area contributed by atoms with Gasteiger partial charge in [0, 0.05) is 26.2 Å². The molecule has 1 heterocycles. The fourth-order valence-electron chi connectivity index (χ4n) is 2.69. The molecule has 1 aromatic carbocycles. The van der Waals surface area contributed by atoms with Gasteiger partial charge in [-0.25, -0.2) is 0 Å². The molecule has 1 saturated heterocycles. The quantitative estimate of drug-likeness (QED) is 0.830. The number of amides is 2. The van der Waals surface area contributed by atoms with E-state index in [4.69, 9.17) is 4.74 Å². The molecule has 0 aromatic heterocycles. The van der Waals surface area contributed by atoms with Crippen LogP contribution in [0.5, 0.6) is 5.75 Å². The maximum absolute atomic E-state index is 12.6. The summed E-state index contributed by atoms with van der Waals surface area (Å²) in [6, 6.07) is 7.12. The van der Waals surface area contributed by atoms with E-state index in [1.165, 1.54) is 0 Å². The van der Waals surface area contributed by atoms with E-state index in [0.29, 0.717) is 43.9 Å². The lowest BCUT2D eigenvalue weighted by atomic mass is 10.1. The zero-order valence-electron chi connectivity index (χ0n) is 14.1. The van der Waals surface area contributed by atoms with Crippen LogP contribution in [0.2, 0.25) is 0 Å². The van der Waals surface area contributed by atoms with Crippen LogP contribution in [-0.2, 0) is 4.79 Å². The number of carbonyl (C=O) groups is 2. The molecule has 1 N–H and O–H groups in total. The van der Waals surface area contributed by atoms with Crippen LogP contribution in [0, 0.1) is 0 Å². The number of benzene rings is 1. The molecule has 1 atom stereocenters. The third-order valence-electron chi connectivity index (χ3n) is 4.10. The first-order valence-electron chi connectivity index (χ1n) is 7.96. The topological polar surface area (TPSA) is 70.1 Å². The van der Waals surface area contributed by atoms with Gasteiger partial charge >= 0.3 is 0 Å². The van der Waals surface area contributed by atoms with Crippen molar-refractivity contribution in [2.75, 3.05) is 45.3 Å². The second-order valence-electron chi connectivity index (χ2n) is 5.62. The average molecular weight is 352 g/mol. The van der Waals surface area contributed by atoms with E-state index in [0.717, 1.165) is 5.75 Å². The summed E-state index contributed by atoms with van der Waals surface area (Å²) in [7, 11) is 1.54. The van der Waals surface area contributed by atoms with Crippen molar-refractivity contribution in [3.8, 4) is 5.75 Å². The monoisotopic (exact) mass is 352 g/mol. The predicted molar refractivity (Wildman–Crippen MR) is 94.5 cm³/mol. The maximum atomic E-state index is 12.6. The fourth-order valence-corrected chi connectivity index (χ4v) is 3.14. The smallest absolute Gasteiger partial charge is 0.257 e. The summed E-state index contributed by atoms with van der Waals surface area (Å²) in [6.07, 6.45) is 1.45. The van der Waals surface area contributed by atoms with Gasteiger partial charge in [-0.3, -0.25) is 9.59 Å². The van der Waals surface area contributed by atoms with Crippen LogP contribution in [-0.4, -0.2) is 78.1 Å². The van der Waals surface area contributed by atoms with Gasteiger partial charge in [-0.15, -0.1) is 0 Å². The number of methoxy groups -OCH3 is 1. The number of nitrogens with zero attached hydrogens (tertiary/aromatic N) is 2. The molecule has 1 aromatic rings. The van der Waals surface area contributed by atoms with E-state index < -0.39 is 6.10 Å². The van der Waals surface area contributed by atoms with Gasteiger partial charge < -0.3 is 19.6 Å². The molecule has 1 aliphatic rings. The Bertz CT molecular complexity index is 573. The van der Waals surface area contributed by atoms with E-state index in [-0.39, 0.29) is 11.8 Å². The van der Waals surface area contributed by atoms with E-state index in [2.05, 4.69) is 0 Å². The second kappa shape index (κ2) is 8.94. The van der Waals surface area contributed by atoms with Gasteiger partial charge in [0.2, 0.25) is 0 Å². The highest BCUT2D eigenvalue weighted by Gasteiger charge is 2.28. The SMILES string of the molecule is COc1ccccc1C(=O)N1CCN(C(=O)C(O)CCSC)CC1. The Morgan fingerprint density at radius 2 is 1.83 bits per heavy atom. The molecule has 6 nitrogen and oxygen atoms in total. The number of aliphatic hydroxyl groups is 1. The van der Waals surface area contributed by atoms with Gasteiger partial charge in [0.1, 0.15) is 11.9 Å². The highest BCUT2D eigenvalue weighted by molar-refractivity contribution is 7.98.